The third kappa shape index (κ3) is 4.99. The number of ether oxygens (including phenoxy) is 2. The standard InChI is InChI=1S/C21H26N2O3/c1-16(2)15-26-20-9-3-17(4-10-20)21(24)22-18-5-7-19(8-6-18)23-11-13-25-14-12-23/h3-10,16H,11-15H2,1-2H3,(H,22,24). The van der Waals surface area contributed by atoms with Crippen molar-refractivity contribution in [1.29, 1.82) is 0 Å². The van der Waals surface area contributed by atoms with Crippen LogP contribution in [-0.2, 0) is 4.74 Å². The van der Waals surface area contributed by atoms with E-state index in [1.165, 1.54) is 0 Å². The molecule has 0 saturated carbocycles. The van der Waals surface area contributed by atoms with Gasteiger partial charge in [0.2, 0.25) is 0 Å². The molecule has 1 N–H and O–H groups in total. The molecule has 0 radical (unpaired) electrons. The van der Waals surface area contributed by atoms with Gasteiger partial charge in [-0.25, -0.2) is 0 Å². The van der Waals surface area contributed by atoms with Gasteiger partial charge in [0.25, 0.3) is 5.91 Å². The number of hydrogen-bond donors (Lipinski definition) is 1. The molecule has 5 nitrogen and oxygen atoms in total. The minimum absolute atomic E-state index is 0.125. The number of morpholine rings is 1. The van der Waals surface area contributed by atoms with Crippen molar-refractivity contribution in [3.8, 4) is 5.75 Å². The lowest BCUT2D eigenvalue weighted by molar-refractivity contribution is 0.102. The molecule has 0 spiro atoms. The van der Waals surface area contributed by atoms with Gasteiger partial charge in [-0.3, -0.25) is 4.79 Å². The van der Waals surface area contributed by atoms with E-state index >= 15 is 0 Å². The Morgan fingerprint density at radius 3 is 2.35 bits per heavy atom. The van der Waals surface area contributed by atoms with Gasteiger partial charge in [-0.2, -0.15) is 0 Å². The largest absolute Gasteiger partial charge is 0.493 e. The summed E-state index contributed by atoms with van der Waals surface area (Å²) in [4.78, 5) is 14.7. The predicted octanol–water partition coefficient (Wildman–Crippen LogP) is 3.81. The zero-order chi connectivity index (χ0) is 18.4. The van der Waals surface area contributed by atoms with Crippen molar-refractivity contribution in [2.45, 2.75) is 13.8 Å². The van der Waals surface area contributed by atoms with Crippen molar-refractivity contribution in [2.75, 3.05) is 43.1 Å². The highest BCUT2D eigenvalue weighted by molar-refractivity contribution is 6.04. The van der Waals surface area contributed by atoms with Crippen molar-refractivity contribution >= 4 is 17.3 Å². The first-order valence-corrected chi connectivity index (χ1v) is 9.09. The third-order valence-corrected chi connectivity index (χ3v) is 4.20. The average Bonchev–Trinajstić information content (AvgIpc) is 2.68. The number of anilines is 2. The van der Waals surface area contributed by atoms with Crippen LogP contribution in [0.4, 0.5) is 11.4 Å². The summed E-state index contributed by atoms with van der Waals surface area (Å²) in [5, 5.41) is 2.94. The molecule has 0 aromatic heterocycles. The first-order valence-electron chi connectivity index (χ1n) is 9.09. The van der Waals surface area contributed by atoms with Crippen molar-refractivity contribution in [3.63, 3.8) is 0 Å². The van der Waals surface area contributed by atoms with Crippen LogP contribution in [0.25, 0.3) is 0 Å². The molecule has 1 heterocycles. The van der Waals surface area contributed by atoms with E-state index in [0.29, 0.717) is 18.1 Å². The molecule has 1 aliphatic rings. The van der Waals surface area contributed by atoms with Crippen molar-refractivity contribution in [1.82, 2.24) is 0 Å². The van der Waals surface area contributed by atoms with Gasteiger partial charge >= 0.3 is 0 Å². The molecular weight excluding hydrogens is 328 g/mol. The van der Waals surface area contributed by atoms with Crippen LogP contribution in [0.5, 0.6) is 5.75 Å². The van der Waals surface area contributed by atoms with Crippen LogP contribution < -0.4 is 15.0 Å². The Morgan fingerprint density at radius 2 is 1.73 bits per heavy atom. The summed E-state index contributed by atoms with van der Waals surface area (Å²) < 4.78 is 11.0. The Balaban J connectivity index is 1.57. The van der Waals surface area contributed by atoms with Crippen LogP contribution in [0.2, 0.25) is 0 Å². The monoisotopic (exact) mass is 354 g/mol. The number of amides is 1. The zero-order valence-electron chi connectivity index (χ0n) is 15.4. The average molecular weight is 354 g/mol. The molecule has 1 saturated heterocycles. The topological polar surface area (TPSA) is 50.8 Å². The van der Waals surface area contributed by atoms with E-state index in [-0.39, 0.29) is 5.91 Å². The maximum absolute atomic E-state index is 12.4. The van der Waals surface area contributed by atoms with Crippen LogP contribution in [0.3, 0.4) is 0 Å². The van der Waals surface area contributed by atoms with Crippen LogP contribution >= 0.6 is 0 Å². The predicted molar refractivity (Wildman–Crippen MR) is 104 cm³/mol. The Hall–Kier alpha value is -2.53. The molecular formula is C21H26N2O3. The van der Waals surface area contributed by atoms with Gasteiger partial charge in [-0.15, -0.1) is 0 Å². The maximum Gasteiger partial charge on any atom is 0.255 e. The number of carbonyl (C=O) groups excluding carboxylic acids is 1. The molecule has 3 rings (SSSR count). The van der Waals surface area contributed by atoms with Gasteiger partial charge < -0.3 is 19.7 Å². The van der Waals surface area contributed by atoms with E-state index in [4.69, 9.17) is 9.47 Å². The lowest BCUT2D eigenvalue weighted by atomic mass is 10.2. The number of nitrogens with zero attached hydrogens (tertiary/aromatic N) is 1. The fourth-order valence-corrected chi connectivity index (χ4v) is 2.75. The Morgan fingerprint density at radius 1 is 1.08 bits per heavy atom. The van der Waals surface area contributed by atoms with E-state index in [9.17, 15) is 4.79 Å². The van der Waals surface area contributed by atoms with Crippen LogP contribution in [0.15, 0.2) is 48.5 Å². The molecule has 26 heavy (non-hydrogen) atoms. The quantitative estimate of drug-likeness (QED) is 0.857. The van der Waals surface area contributed by atoms with E-state index < -0.39 is 0 Å². The van der Waals surface area contributed by atoms with Gasteiger partial charge in [-0.1, -0.05) is 13.8 Å². The van der Waals surface area contributed by atoms with Gasteiger partial charge in [0.15, 0.2) is 0 Å². The molecule has 0 atom stereocenters. The van der Waals surface area contributed by atoms with E-state index in [1.807, 2.05) is 36.4 Å². The lowest BCUT2D eigenvalue weighted by Crippen LogP contribution is -2.36. The minimum atomic E-state index is -0.125. The molecule has 1 fully saturated rings. The number of nitrogens with one attached hydrogen (secondary N) is 1. The maximum atomic E-state index is 12.4. The summed E-state index contributed by atoms with van der Waals surface area (Å²) in [5.74, 6) is 1.13. The van der Waals surface area contributed by atoms with Gasteiger partial charge in [0.1, 0.15) is 5.75 Å². The number of hydrogen-bond acceptors (Lipinski definition) is 4. The van der Waals surface area contributed by atoms with Gasteiger partial charge in [-0.05, 0) is 54.4 Å². The molecule has 0 unspecified atom stereocenters. The van der Waals surface area contributed by atoms with E-state index in [0.717, 1.165) is 43.4 Å². The third-order valence-electron chi connectivity index (χ3n) is 4.20. The first-order chi connectivity index (χ1) is 12.6. The number of rotatable bonds is 6. The highest BCUT2D eigenvalue weighted by atomic mass is 16.5. The SMILES string of the molecule is CC(C)COc1ccc(C(=O)Nc2ccc(N3CCOCC3)cc2)cc1. The molecule has 0 bridgehead atoms. The molecule has 0 aliphatic carbocycles. The highest BCUT2D eigenvalue weighted by Crippen LogP contribution is 2.20. The van der Waals surface area contributed by atoms with Crippen LogP contribution in [0, 0.1) is 5.92 Å². The van der Waals surface area contributed by atoms with E-state index in [2.05, 4.69) is 24.1 Å². The summed E-state index contributed by atoms with van der Waals surface area (Å²) >= 11 is 0. The number of carbonyl (C=O) groups is 1. The van der Waals surface area contributed by atoms with Crippen molar-refractivity contribution < 1.29 is 14.3 Å². The fraction of sp³-hybridized carbons (Fsp3) is 0.381. The summed E-state index contributed by atoms with van der Waals surface area (Å²) in [6.45, 7) is 8.19. The smallest absolute Gasteiger partial charge is 0.255 e. The van der Waals surface area contributed by atoms with Crippen LogP contribution in [0.1, 0.15) is 24.2 Å². The normalized spacial score (nSPS) is 14.3. The number of benzene rings is 2. The molecule has 1 aliphatic heterocycles. The second kappa shape index (κ2) is 8.72. The minimum Gasteiger partial charge on any atom is -0.493 e. The second-order valence-electron chi connectivity index (χ2n) is 6.83. The molecule has 1 amide bonds. The highest BCUT2D eigenvalue weighted by Gasteiger charge is 2.11. The summed E-state index contributed by atoms with van der Waals surface area (Å²) in [6.07, 6.45) is 0. The van der Waals surface area contributed by atoms with Gasteiger partial charge in [0.05, 0.1) is 19.8 Å². The van der Waals surface area contributed by atoms with Crippen LogP contribution in [-0.4, -0.2) is 38.8 Å². The fourth-order valence-electron chi connectivity index (χ4n) is 2.75. The Labute approximate surface area is 154 Å². The molecule has 138 valence electrons. The Kier molecular flexibility index (Phi) is 6.12. The molecule has 5 heteroatoms. The first kappa shape index (κ1) is 18.3. The second-order valence-corrected chi connectivity index (χ2v) is 6.83. The zero-order valence-corrected chi connectivity index (χ0v) is 15.4. The molecule has 2 aromatic carbocycles. The van der Waals surface area contributed by atoms with Crippen molar-refractivity contribution in [2.24, 2.45) is 5.92 Å². The summed E-state index contributed by atoms with van der Waals surface area (Å²) in [6, 6.07) is 15.2. The summed E-state index contributed by atoms with van der Waals surface area (Å²) in [5.41, 5.74) is 2.55. The lowest BCUT2D eigenvalue weighted by Gasteiger charge is -2.28. The Bertz CT molecular complexity index is 705. The van der Waals surface area contributed by atoms with Gasteiger partial charge in [0, 0.05) is 30.0 Å². The van der Waals surface area contributed by atoms with Crippen molar-refractivity contribution in [3.05, 3.63) is 54.1 Å². The van der Waals surface area contributed by atoms with E-state index in [1.54, 1.807) is 12.1 Å². The molecule has 2 aromatic rings. The summed E-state index contributed by atoms with van der Waals surface area (Å²) in [7, 11) is 0.